The molecule has 0 aromatic carbocycles. The molecule has 0 bridgehead atoms. The average molecular weight is 267 g/mol. The Balaban J connectivity index is 1.93. The molecule has 0 radical (unpaired) electrons. The normalized spacial score (nSPS) is 16.1. The molecule has 0 saturated heterocycles. The van der Waals surface area contributed by atoms with Crippen molar-refractivity contribution in [1.29, 1.82) is 0 Å². The van der Waals surface area contributed by atoms with Gasteiger partial charge in [0.25, 0.3) is 5.91 Å². The van der Waals surface area contributed by atoms with Gasteiger partial charge in [0, 0.05) is 20.3 Å². The van der Waals surface area contributed by atoms with E-state index in [4.69, 9.17) is 10.5 Å². The molecule has 1 aliphatic rings. The number of hydrogen-bond acceptors (Lipinski definition) is 4. The van der Waals surface area contributed by atoms with E-state index >= 15 is 0 Å². The van der Waals surface area contributed by atoms with E-state index in [2.05, 4.69) is 10.3 Å². The van der Waals surface area contributed by atoms with Gasteiger partial charge in [-0.2, -0.15) is 0 Å². The van der Waals surface area contributed by atoms with Gasteiger partial charge in [-0.1, -0.05) is 0 Å². The van der Waals surface area contributed by atoms with Crippen molar-refractivity contribution in [1.82, 2.24) is 10.3 Å². The summed E-state index contributed by atoms with van der Waals surface area (Å²) in [4.78, 5) is 15.6. The second kappa shape index (κ2) is 5.52. The molecular weight excluding hydrogens is 249 g/mol. The molecule has 5 nitrogen and oxygen atoms in total. The number of pyridine rings is 1. The molecule has 1 heterocycles. The Morgan fingerprint density at radius 1 is 1.63 bits per heavy atom. The fourth-order valence-corrected chi connectivity index (χ4v) is 2.01. The van der Waals surface area contributed by atoms with Crippen molar-refractivity contribution in [3.8, 4) is 0 Å². The van der Waals surface area contributed by atoms with Crippen molar-refractivity contribution in [3.63, 3.8) is 0 Å². The lowest BCUT2D eigenvalue weighted by Crippen LogP contribution is -2.31. The highest BCUT2D eigenvalue weighted by molar-refractivity contribution is 5.98. The minimum absolute atomic E-state index is 0.0423. The number of amides is 1. The van der Waals surface area contributed by atoms with Crippen molar-refractivity contribution in [2.75, 3.05) is 26.0 Å². The van der Waals surface area contributed by atoms with E-state index in [0.717, 1.165) is 31.5 Å². The van der Waals surface area contributed by atoms with E-state index in [9.17, 15) is 9.18 Å². The third kappa shape index (κ3) is 3.41. The highest BCUT2D eigenvalue weighted by Crippen LogP contribution is 2.48. The first-order valence-corrected chi connectivity index (χ1v) is 6.24. The number of ether oxygens (including phenoxy) is 1. The molecule has 1 aliphatic carbocycles. The number of carbonyl (C=O) groups is 1. The van der Waals surface area contributed by atoms with Crippen LogP contribution in [0, 0.1) is 11.2 Å². The number of anilines is 1. The van der Waals surface area contributed by atoms with Crippen LogP contribution in [0.4, 0.5) is 10.2 Å². The SMILES string of the molecule is COCCC1(CNC(=O)c2cc(F)cnc2N)CC1. The van der Waals surface area contributed by atoms with Crippen LogP contribution >= 0.6 is 0 Å². The highest BCUT2D eigenvalue weighted by Gasteiger charge is 2.42. The first-order chi connectivity index (χ1) is 9.06. The summed E-state index contributed by atoms with van der Waals surface area (Å²) in [6.07, 6.45) is 4.06. The van der Waals surface area contributed by atoms with Crippen LogP contribution in [-0.4, -0.2) is 31.2 Å². The summed E-state index contributed by atoms with van der Waals surface area (Å²) in [5.41, 5.74) is 5.79. The summed E-state index contributed by atoms with van der Waals surface area (Å²) >= 11 is 0. The minimum atomic E-state index is -0.570. The number of hydrogen-bond donors (Lipinski definition) is 2. The number of rotatable bonds is 6. The molecule has 6 heteroatoms. The van der Waals surface area contributed by atoms with Gasteiger partial charge >= 0.3 is 0 Å². The van der Waals surface area contributed by atoms with Gasteiger partial charge in [-0.15, -0.1) is 0 Å². The summed E-state index contributed by atoms with van der Waals surface area (Å²) in [6.45, 7) is 1.24. The summed E-state index contributed by atoms with van der Waals surface area (Å²) in [5.74, 6) is -0.909. The molecule has 2 rings (SSSR count). The van der Waals surface area contributed by atoms with Gasteiger partial charge < -0.3 is 15.8 Å². The van der Waals surface area contributed by atoms with Crippen LogP contribution in [0.25, 0.3) is 0 Å². The minimum Gasteiger partial charge on any atom is -0.385 e. The molecule has 1 aromatic rings. The van der Waals surface area contributed by atoms with Gasteiger partial charge in [-0.25, -0.2) is 9.37 Å². The Kier molecular flexibility index (Phi) is 3.99. The van der Waals surface area contributed by atoms with Crippen LogP contribution in [0.2, 0.25) is 0 Å². The molecule has 0 spiro atoms. The maximum Gasteiger partial charge on any atom is 0.255 e. The molecule has 1 aromatic heterocycles. The Morgan fingerprint density at radius 2 is 2.37 bits per heavy atom. The lowest BCUT2D eigenvalue weighted by atomic mass is 10.0. The smallest absolute Gasteiger partial charge is 0.255 e. The maximum atomic E-state index is 13.0. The van der Waals surface area contributed by atoms with E-state index in [1.54, 1.807) is 7.11 Å². The average Bonchev–Trinajstić information content (AvgIpc) is 3.17. The van der Waals surface area contributed by atoms with Crippen LogP contribution in [-0.2, 0) is 4.74 Å². The molecule has 0 unspecified atom stereocenters. The lowest BCUT2D eigenvalue weighted by Gasteiger charge is -2.15. The van der Waals surface area contributed by atoms with Gasteiger partial charge in [-0.05, 0) is 30.7 Å². The van der Waals surface area contributed by atoms with E-state index in [1.807, 2.05) is 0 Å². The maximum absolute atomic E-state index is 13.0. The van der Waals surface area contributed by atoms with Crippen LogP contribution in [0.5, 0.6) is 0 Å². The zero-order chi connectivity index (χ0) is 13.9. The zero-order valence-corrected chi connectivity index (χ0v) is 10.9. The molecule has 0 atom stereocenters. The van der Waals surface area contributed by atoms with Gasteiger partial charge in [0.2, 0.25) is 0 Å². The summed E-state index contributed by atoms with van der Waals surface area (Å²) in [5, 5.41) is 2.80. The van der Waals surface area contributed by atoms with Crippen LogP contribution in [0.15, 0.2) is 12.3 Å². The number of nitrogen functional groups attached to an aromatic ring is 1. The Labute approximate surface area is 111 Å². The molecule has 0 aliphatic heterocycles. The Hall–Kier alpha value is -1.69. The number of methoxy groups -OCH3 is 1. The van der Waals surface area contributed by atoms with Gasteiger partial charge in [0.15, 0.2) is 0 Å². The lowest BCUT2D eigenvalue weighted by molar-refractivity contribution is 0.0938. The van der Waals surface area contributed by atoms with E-state index < -0.39 is 5.82 Å². The number of aromatic nitrogens is 1. The first-order valence-electron chi connectivity index (χ1n) is 6.24. The van der Waals surface area contributed by atoms with E-state index in [-0.39, 0.29) is 22.7 Å². The van der Waals surface area contributed by atoms with Gasteiger partial charge in [0.05, 0.1) is 11.8 Å². The van der Waals surface area contributed by atoms with Crippen molar-refractivity contribution in [3.05, 3.63) is 23.6 Å². The highest BCUT2D eigenvalue weighted by atomic mass is 19.1. The molecule has 19 heavy (non-hydrogen) atoms. The third-order valence-electron chi connectivity index (χ3n) is 3.55. The predicted molar refractivity (Wildman–Crippen MR) is 69.1 cm³/mol. The molecule has 1 amide bonds. The standard InChI is InChI=1S/C13H18FN3O2/c1-19-5-4-13(2-3-13)8-17-12(18)10-6-9(14)7-16-11(10)15/h6-7H,2-5,8H2,1H3,(H2,15,16)(H,17,18). The van der Waals surface area contributed by atoms with Crippen molar-refractivity contribution >= 4 is 11.7 Å². The second-order valence-corrected chi connectivity index (χ2v) is 5.01. The molecule has 104 valence electrons. The topological polar surface area (TPSA) is 77.2 Å². The van der Waals surface area contributed by atoms with Crippen molar-refractivity contribution in [2.24, 2.45) is 5.41 Å². The number of nitrogens with zero attached hydrogens (tertiary/aromatic N) is 1. The number of nitrogens with one attached hydrogen (secondary N) is 1. The summed E-state index contributed by atoms with van der Waals surface area (Å²) < 4.78 is 18.1. The van der Waals surface area contributed by atoms with Crippen LogP contribution in [0.3, 0.4) is 0 Å². The fourth-order valence-electron chi connectivity index (χ4n) is 2.01. The van der Waals surface area contributed by atoms with E-state index in [0.29, 0.717) is 13.2 Å². The van der Waals surface area contributed by atoms with Gasteiger partial charge in [-0.3, -0.25) is 4.79 Å². The molecule has 1 saturated carbocycles. The number of nitrogens with two attached hydrogens (primary N) is 1. The van der Waals surface area contributed by atoms with Crippen LogP contribution in [0.1, 0.15) is 29.6 Å². The summed E-state index contributed by atoms with van der Waals surface area (Å²) in [6, 6.07) is 1.10. The summed E-state index contributed by atoms with van der Waals surface area (Å²) in [7, 11) is 1.66. The largest absolute Gasteiger partial charge is 0.385 e. The zero-order valence-electron chi connectivity index (χ0n) is 10.9. The Morgan fingerprint density at radius 3 is 3.00 bits per heavy atom. The molecule has 3 N–H and O–H groups in total. The fraction of sp³-hybridized carbons (Fsp3) is 0.538. The van der Waals surface area contributed by atoms with E-state index in [1.165, 1.54) is 0 Å². The number of carbonyl (C=O) groups excluding carboxylic acids is 1. The number of halogens is 1. The molecular formula is C13H18FN3O2. The quantitative estimate of drug-likeness (QED) is 0.815. The Bertz CT molecular complexity index is 475. The molecule has 1 fully saturated rings. The van der Waals surface area contributed by atoms with Crippen molar-refractivity contribution < 1.29 is 13.9 Å². The van der Waals surface area contributed by atoms with Crippen LogP contribution < -0.4 is 11.1 Å². The first kappa shape index (κ1) is 13.7. The van der Waals surface area contributed by atoms with Gasteiger partial charge in [0.1, 0.15) is 11.6 Å². The second-order valence-electron chi connectivity index (χ2n) is 5.01. The van der Waals surface area contributed by atoms with Crippen molar-refractivity contribution in [2.45, 2.75) is 19.3 Å². The predicted octanol–water partition coefficient (Wildman–Crippen LogP) is 1.35. The monoisotopic (exact) mass is 267 g/mol. The third-order valence-corrected chi connectivity index (χ3v) is 3.55.